The van der Waals surface area contributed by atoms with E-state index in [4.69, 9.17) is 21.1 Å². The van der Waals surface area contributed by atoms with Crippen molar-refractivity contribution in [3.05, 3.63) is 114 Å². The summed E-state index contributed by atoms with van der Waals surface area (Å²) in [6, 6.07) is 29.1. The summed E-state index contributed by atoms with van der Waals surface area (Å²) >= 11 is 6.28. The van der Waals surface area contributed by atoms with Gasteiger partial charge in [0, 0.05) is 6.04 Å². The van der Waals surface area contributed by atoms with Crippen molar-refractivity contribution < 1.29 is 22.7 Å². The Kier molecular flexibility index (Phi) is 8.45. The highest BCUT2D eigenvalue weighted by molar-refractivity contribution is 7.89. The molecule has 0 heterocycles. The van der Waals surface area contributed by atoms with E-state index in [1.165, 1.54) is 18.2 Å². The Morgan fingerprint density at radius 3 is 2.22 bits per heavy atom. The maximum atomic E-state index is 12.8. The highest BCUT2D eigenvalue weighted by Crippen LogP contribution is 2.30. The van der Waals surface area contributed by atoms with Gasteiger partial charge in [0.25, 0.3) is 5.91 Å². The number of sulfonamides is 1. The number of anilines is 1. The molecule has 1 atom stereocenters. The molecule has 4 aromatic carbocycles. The summed E-state index contributed by atoms with van der Waals surface area (Å²) in [6.45, 7) is 1.42. The average Bonchev–Trinajstić information content (AvgIpc) is 2.90. The van der Waals surface area contributed by atoms with Crippen LogP contribution in [0.1, 0.15) is 18.5 Å². The lowest BCUT2D eigenvalue weighted by atomic mass is 10.1. The number of hydrogen-bond acceptors (Lipinski definition) is 5. The lowest BCUT2D eigenvalue weighted by molar-refractivity contribution is -0.118. The van der Waals surface area contributed by atoms with Gasteiger partial charge >= 0.3 is 0 Å². The summed E-state index contributed by atoms with van der Waals surface area (Å²) in [4.78, 5) is 12.5. The van der Waals surface area contributed by atoms with Crippen molar-refractivity contribution in [3.63, 3.8) is 0 Å². The monoisotopic (exact) mass is 536 g/mol. The standard InChI is InChI=1S/C28H25ClN2O5S/c1-20(21-10-4-2-5-11-21)31-37(33,34)23-16-17-26(24(29)18-23)35-19-28(32)30-25-14-8-9-15-27(25)36-22-12-6-3-7-13-22/h2-18,20,31H,19H2,1H3,(H,30,32)/t20-/m1/s1. The molecule has 4 rings (SSSR count). The van der Waals surface area contributed by atoms with Crippen molar-refractivity contribution in [2.24, 2.45) is 0 Å². The van der Waals surface area contributed by atoms with Gasteiger partial charge in [0.05, 0.1) is 15.6 Å². The van der Waals surface area contributed by atoms with E-state index in [1.807, 2.05) is 60.7 Å². The molecule has 0 saturated heterocycles. The maximum absolute atomic E-state index is 12.8. The summed E-state index contributed by atoms with van der Waals surface area (Å²) in [5.74, 6) is 0.859. The largest absolute Gasteiger partial charge is 0.482 e. The minimum Gasteiger partial charge on any atom is -0.482 e. The molecule has 0 fully saturated rings. The van der Waals surface area contributed by atoms with E-state index in [-0.39, 0.29) is 22.3 Å². The van der Waals surface area contributed by atoms with Crippen molar-refractivity contribution in [2.45, 2.75) is 17.9 Å². The topological polar surface area (TPSA) is 93.7 Å². The normalized spacial score (nSPS) is 11.9. The van der Waals surface area contributed by atoms with Crippen LogP contribution < -0.4 is 19.5 Å². The predicted octanol–water partition coefficient (Wildman–Crippen LogP) is 6.19. The maximum Gasteiger partial charge on any atom is 0.262 e. The molecule has 0 unspecified atom stereocenters. The second-order valence-corrected chi connectivity index (χ2v) is 10.2. The molecule has 1 amide bonds. The minimum atomic E-state index is -3.83. The van der Waals surface area contributed by atoms with E-state index in [9.17, 15) is 13.2 Å². The van der Waals surface area contributed by atoms with Crippen molar-refractivity contribution in [2.75, 3.05) is 11.9 Å². The zero-order valence-electron chi connectivity index (χ0n) is 19.9. The van der Waals surface area contributed by atoms with Crippen LogP contribution in [0.2, 0.25) is 5.02 Å². The van der Waals surface area contributed by atoms with Crippen molar-refractivity contribution in [3.8, 4) is 17.2 Å². The van der Waals surface area contributed by atoms with Crippen LogP contribution >= 0.6 is 11.6 Å². The van der Waals surface area contributed by atoms with Crippen LogP contribution in [0.4, 0.5) is 5.69 Å². The van der Waals surface area contributed by atoms with Gasteiger partial charge in [0.2, 0.25) is 10.0 Å². The number of amides is 1. The first-order chi connectivity index (χ1) is 17.8. The molecule has 7 nitrogen and oxygen atoms in total. The van der Waals surface area contributed by atoms with Crippen LogP contribution in [-0.4, -0.2) is 20.9 Å². The minimum absolute atomic E-state index is 0.0101. The summed E-state index contributed by atoms with van der Waals surface area (Å²) in [7, 11) is -3.83. The molecule has 0 aromatic heterocycles. The molecular formula is C28H25ClN2O5S. The van der Waals surface area contributed by atoms with Crippen LogP contribution in [-0.2, 0) is 14.8 Å². The summed E-state index contributed by atoms with van der Waals surface area (Å²) in [6.07, 6.45) is 0. The van der Waals surface area contributed by atoms with Gasteiger partial charge in [-0.15, -0.1) is 0 Å². The number of ether oxygens (including phenoxy) is 2. The summed E-state index contributed by atoms with van der Waals surface area (Å²) < 4.78 is 39.7. The number of para-hydroxylation sites is 3. The third-order valence-corrected chi connectivity index (χ3v) is 7.17. The lowest BCUT2D eigenvalue weighted by Crippen LogP contribution is -2.27. The quantitative estimate of drug-likeness (QED) is 0.252. The molecule has 9 heteroatoms. The highest BCUT2D eigenvalue weighted by atomic mass is 35.5. The Hall–Kier alpha value is -3.85. The van der Waals surface area contributed by atoms with Crippen LogP contribution in [0, 0.1) is 0 Å². The SMILES string of the molecule is C[C@@H](NS(=O)(=O)c1ccc(OCC(=O)Nc2ccccc2Oc2ccccc2)c(Cl)c1)c1ccccc1. The number of carbonyl (C=O) groups is 1. The molecule has 2 N–H and O–H groups in total. The van der Waals surface area contributed by atoms with E-state index >= 15 is 0 Å². The number of carbonyl (C=O) groups excluding carboxylic acids is 1. The first-order valence-corrected chi connectivity index (χ1v) is 13.3. The zero-order valence-corrected chi connectivity index (χ0v) is 21.5. The second kappa shape index (κ2) is 11.9. The number of benzene rings is 4. The molecule has 0 aliphatic heterocycles. The molecular weight excluding hydrogens is 512 g/mol. The van der Waals surface area contributed by atoms with Crippen LogP contribution in [0.15, 0.2) is 108 Å². The zero-order chi connectivity index (χ0) is 26.3. The summed E-state index contributed by atoms with van der Waals surface area (Å²) in [5, 5.41) is 2.82. The molecule has 0 radical (unpaired) electrons. The molecule has 0 aliphatic carbocycles. The predicted molar refractivity (Wildman–Crippen MR) is 144 cm³/mol. The van der Waals surface area contributed by atoms with Gasteiger partial charge in [-0.25, -0.2) is 13.1 Å². The van der Waals surface area contributed by atoms with Gasteiger partial charge in [-0.1, -0.05) is 72.3 Å². The highest BCUT2D eigenvalue weighted by Gasteiger charge is 2.20. The Balaban J connectivity index is 1.37. The second-order valence-electron chi connectivity index (χ2n) is 8.09. The first-order valence-electron chi connectivity index (χ1n) is 11.4. The molecule has 190 valence electrons. The Labute approximate surface area is 221 Å². The fraction of sp³-hybridized carbons (Fsp3) is 0.107. The fourth-order valence-electron chi connectivity index (χ4n) is 3.48. The van der Waals surface area contributed by atoms with Gasteiger partial charge < -0.3 is 14.8 Å². The van der Waals surface area contributed by atoms with Crippen LogP contribution in [0.3, 0.4) is 0 Å². The molecule has 4 aromatic rings. The van der Waals surface area contributed by atoms with E-state index in [0.29, 0.717) is 17.2 Å². The number of rotatable bonds is 10. The van der Waals surface area contributed by atoms with Gasteiger partial charge in [0.15, 0.2) is 12.4 Å². The van der Waals surface area contributed by atoms with E-state index < -0.39 is 22.0 Å². The third-order valence-electron chi connectivity index (χ3n) is 5.34. The summed E-state index contributed by atoms with van der Waals surface area (Å²) in [5.41, 5.74) is 1.31. The third kappa shape index (κ3) is 7.10. The van der Waals surface area contributed by atoms with Gasteiger partial charge in [-0.05, 0) is 55.0 Å². The van der Waals surface area contributed by atoms with E-state index in [0.717, 1.165) is 5.56 Å². The Morgan fingerprint density at radius 1 is 0.865 bits per heavy atom. The molecule has 0 saturated carbocycles. The van der Waals surface area contributed by atoms with E-state index in [2.05, 4.69) is 10.0 Å². The van der Waals surface area contributed by atoms with Crippen LogP contribution in [0.5, 0.6) is 17.2 Å². The lowest BCUT2D eigenvalue weighted by Gasteiger charge is -2.16. The van der Waals surface area contributed by atoms with Gasteiger partial charge in [0.1, 0.15) is 11.5 Å². The smallest absolute Gasteiger partial charge is 0.262 e. The molecule has 0 bridgehead atoms. The number of nitrogens with one attached hydrogen (secondary N) is 2. The molecule has 0 spiro atoms. The van der Waals surface area contributed by atoms with Crippen molar-refractivity contribution in [1.82, 2.24) is 4.72 Å². The Morgan fingerprint density at radius 2 is 1.51 bits per heavy atom. The van der Waals surface area contributed by atoms with Gasteiger partial charge in [-0.2, -0.15) is 0 Å². The van der Waals surface area contributed by atoms with Crippen molar-refractivity contribution in [1.29, 1.82) is 0 Å². The Bertz CT molecular complexity index is 1460. The number of hydrogen-bond donors (Lipinski definition) is 2. The van der Waals surface area contributed by atoms with E-state index in [1.54, 1.807) is 31.2 Å². The molecule has 37 heavy (non-hydrogen) atoms. The molecule has 0 aliphatic rings. The van der Waals surface area contributed by atoms with Crippen LogP contribution in [0.25, 0.3) is 0 Å². The van der Waals surface area contributed by atoms with Crippen molar-refractivity contribution >= 4 is 33.2 Å². The van der Waals surface area contributed by atoms with Gasteiger partial charge in [-0.3, -0.25) is 4.79 Å². The average molecular weight is 537 g/mol. The first kappa shape index (κ1) is 26.2. The number of halogens is 1. The fourth-order valence-corrected chi connectivity index (χ4v) is 5.04.